The molecule has 0 aliphatic rings. The molecule has 3 heteroatoms. The van der Waals surface area contributed by atoms with Crippen LogP contribution in [0.1, 0.15) is 26.2 Å². The van der Waals surface area contributed by atoms with Crippen LogP contribution in [0.5, 0.6) is 0 Å². The van der Waals surface area contributed by atoms with Crippen molar-refractivity contribution in [3.63, 3.8) is 0 Å². The van der Waals surface area contributed by atoms with Crippen molar-refractivity contribution in [1.82, 2.24) is 0 Å². The third-order valence-corrected chi connectivity index (χ3v) is 7.93. The van der Waals surface area contributed by atoms with E-state index in [1.54, 1.807) is 0 Å². The zero-order chi connectivity index (χ0) is 9.61. The predicted molar refractivity (Wildman–Crippen MR) is 61.8 cm³/mol. The second kappa shape index (κ2) is 5.94. The fourth-order valence-electron chi connectivity index (χ4n) is 1.50. The van der Waals surface area contributed by atoms with Gasteiger partial charge in [0.1, 0.15) is 0 Å². The van der Waals surface area contributed by atoms with Gasteiger partial charge >= 0.3 is 0 Å². The second-order valence-corrected chi connectivity index (χ2v) is 11.4. The van der Waals surface area contributed by atoms with Crippen LogP contribution in [0, 0.1) is 0 Å². The lowest BCUT2D eigenvalue weighted by Gasteiger charge is -2.25. The van der Waals surface area contributed by atoms with Crippen molar-refractivity contribution in [1.29, 1.82) is 0 Å². The molecule has 0 aromatic carbocycles. The van der Waals surface area contributed by atoms with Gasteiger partial charge in [-0.15, -0.1) is 0 Å². The van der Waals surface area contributed by atoms with Crippen LogP contribution >= 0.6 is 0 Å². The van der Waals surface area contributed by atoms with Gasteiger partial charge in [0.2, 0.25) is 0 Å². The molecule has 0 heterocycles. The molecule has 0 aromatic rings. The van der Waals surface area contributed by atoms with Gasteiger partial charge in [-0.25, -0.2) is 0 Å². The summed E-state index contributed by atoms with van der Waals surface area (Å²) in [7, 11) is -2.03. The van der Waals surface area contributed by atoms with Crippen molar-refractivity contribution in [2.45, 2.75) is 58.4 Å². The number of hydrogen-bond donors (Lipinski definition) is 0. The molecular weight excluding hydrogens is 180 g/mol. The van der Waals surface area contributed by atoms with Crippen LogP contribution in [0.2, 0.25) is 32.2 Å². The average molecular weight is 204 g/mol. The summed E-state index contributed by atoms with van der Waals surface area (Å²) >= 11 is 0. The maximum Gasteiger partial charge on any atom is 0.173 e. The number of rotatable bonds is 6. The van der Waals surface area contributed by atoms with Gasteiger partial charge in [0.25, 0.3) is 0 Å². The second-order valence-electron chi connectivity index (χ2n) is 4.38. The van der Waals surface area contributed by atoms with E-state index < -0.39 is 17.4 Å². The Labute approximate surface area is 80.4 Å². The van der Waals surface area contributed by atoms with Gasteiger partial charge in [0.05, 0.1) is 0 Å². The van der Waals surface area contributed by atoms with Gasteiger partial charge in [-0.2, -0.15) is 0 Å². The first-order chi connectivity index (χ1) is 5.48. The third-order valence-electron chi connectivity index (χ3n) is 1.94. The monoisotopic (exact) mass is 204 g/mol. The molecule has 0 radical (unpaired) electrons. The molecule has 74 valence electrons. The molecule has 0 saturated carbocycles. The van der Waals surface area contributed by atoms with E-state index in [2.05, 4.69) is 33.1 Å². The van der Waals surface area contributed by atoms with E-state index in [4.69, 9.17) is 4.12 Å². The molecule has 0 aromatic heterocycles. The van der Waals surface area contributed by atoms with E-state index in [9.17, 15) is 0 Å². The van der Waals surface area contributed by atoms with Gasteiger partial charge < -0.3 is 4.12 Å². The Morgan fingerprint density at radius 2 is 1.75 bits per heavy atom. The minimum Gasteiger partial charge on any atom is -0.458 e. The molecule has 0 unspecified atom stereocenters. The molecule has 0 fully saturated rings. The highest BCUT2D eigenvalue weighted by Gasteiger charge is 2.22. The summed E-state index contributed by atoms with van der Waals surface area (Å²) in [4.78, 5) is 0. The standard InChI is InChI=1S/C9H24OSi2/c1-6-7-8-9-12(4,5)10-11(2)3/h11H,6-9H2,1-5H3. The number of unbranched alkanes of at least 4 members (excludes halogenated alkanes) is 2. The van der Waals surface area contributed by atoms with Crippen LogP contribution in [0.25, 0.3) is 0 Å². The molecule has 0 amide bonds. The van der Waals surface area contributed by atoms with E-state index in [0.29, 0.717) is 0 Å². The van der Waals surface area contributed by atoms with Crippen LogP contribution in [0.4, 0.5) is 0 Å². The van der Waals surface area contributed by atoms with Gasteiger partial charge in [0, 0.05) is 0 Å². The first-order valence-electron chi connectivity index (χ1n) is 5.16. The van der Waals surface area contributed by atoms with Crippen LogP contribution < -0.4 is 0 Å². The lowest BCUT2D eigenvalue weighted by molar-refractivity contribution is 0.562. The fourth-order valence-corrected chi connectivity index (χ4v) is 8.18. The lowest BCUT2D eigenvalue weighted by atomic mass is 10.3. The summed E-state index contributed by atoms with van der Waals surface area (Å²) in [6.45, 7) is 11.5. The summed E-state index contributed by atoms with van der Waals surface area (Å²) in [6.07, 6.45) is 4.07. The van der Waals surface area contributed by atoms with Crippen molar-refractivity contribution >= 4 is 17.4 Å². The van der Waals surface area contributed by atoms with Crippen molar-refractivity contribution in [3.05, 3.63) is 0 Å². The van der Waals surface area contributed by atoms with Crippen LogP contribution in [0.15, 0.2) is 0 Å². The first-order valence-corrected chi connectivity index (χ1v) is 11.1. The molecule has 0 spiro atoms. The minimum absolute atomic E-state index is 0.785. The van der Waals surface area contributed by atoms with Crippen LogP contribution in [-0.4, -0.2) is 17.4 Å². The smallest absolute Gasteiger partial charge is 0.173 e. The molecular formula is C9H24OSi2. The summed E-state index contributed by atoms with van der Waals surface area (Å²) in [6, 6.07) is 1.35. The highest BCUT2D eigenvalue weighted by molar-refractivity contribution is 6.77. The Morgan fingerprint density at radius 3 is 2.17 bits per heavy atom. The molecule has 12 heavy (non-hydrogen) atoms. The Morgan fingerprint density at radius 1 is 1.17 bits per heavy atom. The Bertz CT molecular complexity index is 113. The average Bonchev–Trinajstić information content (AvgIpc) is 1.84. The summed E-state index contributed by atoms with van der Waals surface area (Å²) in [5, 5.41) is 0. The molecule has 0 saturated heterocycles. The molecule has 0 aliphatic heterocycles. The van der Waals surface area contributed by atoms with Gasteiger partial charge in [-0.3, -0.25) is 0 Å². The summed E-state index contributed by atoms with van der Waals surface area (Å²) < 4.78 is 6.06. The quantitative estimate of drug-likeness (QED) is 0.476. The minimum atomic E-state index is -1.24. The van der Waals surface area contributed by atoms with Gasteiger partial charge in [-0.1, -0.05) is 26.2 Å². The van der Waals surface area contributed by atoms with Crippen molar-refractivity contribution in [3.8, 4) is 0 Å². The summed E-state index contributed by atoms with van der Waals surface area (Å²) in [5.74, 6) is 0. The predicted octanol–water partition coefficient (Wildman–Crippen LogP) is 3.38. The SMILES string of the molecule is CCCCC[Si](C)(C)O[SiH](C)C. The maximum atomic E-state index is 6.06. The maximum absolute atomic E-state index is 6.06. The first kappa shape index (κ1) is 12.4. The molecule has 0 rings (SSSR count). The molecule has 0 aliphatic carbocycles. The molecule has 0 atom stereocenters. The van der Waals surface area contributed by atoms with Crippen molar-refractivity contribution < 1.29 is 4.12 Å². The Kier molecular flexibility index (Phi) is 6.14. The Balaban J connectivity index is 3.56. The highest BCUT2D eigenvalue weighted by atomic mass is 28.4. The van der Waals surface area contributed by atoms with Gasteiger partial charge in [0.15, 0.2) is 17.4 Å². The molecule has 1 nitrogen and oxygen atoms in total. The fraction of sp³-hybridized carbons (Fsp3) is 1.00. The number of hydrogen-bond acceptors (Lipinski definition) is 1. The zero-order valence-corrected chi connectivity index (χ0v) is 11.5. The highest BCUT2D eigenvalue weighted by Crippen LogP contribution is 2.16. The van der Waals surface area contributed by atoms with Crippen molar-refractivity contribution in [2.24, 2.45) is 0 Å². The van der Waals surface area contributed by atoms with Crippen LogP contribution in [-0.2, 0) is 4.12 Å². The Hall–Kier alpha value is 0.394. The van der Waals surface area contributed by atoms with Crippen LogP contribution in [0.3, 0.4) is 0 Å². The van der Waals surface area contributed by atoms with E-state index in [-0.39, 0.29) is 0 Å². The molecule has 0 bridgehead atoms. The van der Waals surface area contributed by atoms with E-state index in [1.807, 2.05) is 0 Å². The molecule has 0 N–H and O–H groups in total. The topological polar surface area (TPSA) is 9.23 Å². The zero-order valence-electron chi connectivity index (χ0n) is 9.31. The van der Waals surface area contributed by atoms with Gasteiger partial charge in [-0.05, 0) is 32.2 Å². The normalized spacial score (nSPS) is 12.5. The lowest BCUT2D eigenvalue weighted by Crippen LogP contribution is -2.34. The third kappa shape index (κ3) is 7.07. The van der Waals surface area contributed by atoms with E-state index in [0.717, 1.165) is 0 Å². The largest absolute Gasteiger partial charge is 0.458 e. The summed E-state index contributed by atoms with van der Waals surface area (Å²) in [5.41, 5.74) is 0. The van der Waals surface area contributed by atoms with E-state index in [1.165, 1.54) is 25.3 Å². The van der Waals surface area contributed by atoms with Crippen molar-refractivity contribution in [2.75, 3.05) is 0 Å². The van der Waals surface area contributed by atoms with E-state index >= 15 is 0 Å².